The van der Waals surface area contributed by atoms with Gasteiger partial charge in [0.1, 0.15) is 17.1 Å². The number of hydrogen-bond donors (Lipinski definition) is 6. The van der Waals surface area contributed by atoms with Crippen LogP contribution in [0.2, 0.25) is 0 Å². The van der Waals surface area contributed by atoms with Crippen molar-refractivity contribution in [2.24, 2.45) is 29.4 Å². The number of aliphatic hydroxyl groups is 5. The number of rotatable bonds is 1. The summed E-state index contributed by atoms with van der Waals surface area (Å²) in [5.41, 5.74) is 1.57. The highest BCUT2D eigenvalue weighted by Crippen LogP contribution is 2.54. The number of hydrogen-bond acceptors (Lipinski definition) is 8. The van der Waals surface area contributed by atoms with Crippen LogP contribution >= 0.6 is 0 Å². The molecule has 152 valence electrons. The van der Waals surface area contributed by atoms with Crippen molar-refractivity contribution in [2.75, 3.05) is 0 Å². The number of primary amides is 1. The molecule has 0 saturated heterocycles. The lowest BCUT2D eigenvalue weighted by molar-refractivity contribution is -0.146. The summed E-state index contributed by atoms with van der Waals surface area (Å²) in [6.45, 7) is 0. The second kappa shape index (κ2) is 6.13. The number of Topliss-reactive ketones (excluding diaryl/α,β-unsaturated/α-hetero) is 2. The first kappa shape index (κ1) is 19.1. The monoisotopic (exact) mass is 393 g/mol. The number of fused-ring (bicyclic) bond motifs is 3. The standard InChI is InChI=1S/C19H23NO8/c20-18(27)13-10(22)5-6-4-8-12(16(25)19(6,28)17(13)26)15(24)11-7(14(8)23)2-1-3-9(11)21/h6-9,11,14,21,23,25-26,28H,1-5H2,(H2,20,27)/t6-,7?,8?,9?,11?,14?,19-/m0/s1. The molecular weight excluding hydrogens is 370 g/mol. The van der Waals surface area contributed by atoms with E-state index in [9.17, 15) is 39.9 Å². The van der Waals surface area contributed by atoms with E-state index in [2.05, 4.69) is 0 Å². The predicted molar refractivity (Wildman–Crippen MR) is 92.5 cm³/mol. The van der Waals surface area contributed by atoms with E-state index in [1.54, 1.807) is 0 Å². The molecule has 5 unspecified atom stereocenters. The number of carbonyl (C=O) groups excluding carboxylic acids is 3. The molecule has 0 aromatic heterocycles. The molecule has 2 fully saturated rings. The summed E-state index contributed by atoms with van der Waals surface area (Å²) >= 11 is 0. The van der Waals surface area contributed by atoms with Crippen molar-refractivity contribution in [1.29, 1.82) is 0 Å². The lowest BCUT2D eigenvalue weighted by Crippen LogP contribution is -2.59. The van der Waals surface area contributed by atoms with Gasteiger partial charge in [-0.2, -0.15) is 0 Å². The van der Waals surface area contributed by atoms with Gasteiger partial charge >= 0.3 is 0 Å². The molecule has 0 radical (unpaired) electrons. The summed E-state index contributed by atoms with van der Waals surface area (Å²) in [5, 5.41) is 53.6. The molecule has 0 heterocycles. The summed E-state index contributed by atoms with van der Waals surface area (Å²) in [5.74, 6) is -7.79. The van der Waals surface area contributed by atoms with Crippen molar-refractivity contribution in [1.82, 2.24) is 0 Å². The molecule has 0 spiro atoms. The smallest absolute Gasteiger partial charge is 0.255 e. The third-order valence-electron chi connectivity index (χ3n) is 7.00. The Labute approximate surface area is 160 Å². The first-order chi connectivity index (χ1) is 13.1. The lowest BCUT2D eigenvalue weighted by atomic mass is 9.55. The largest absolute Gasteiger partial charge is 0.508 e. The van der Waals surface area contributed by atoms with Gasteiger partial charge < -0.3 is 31.3 Å². The normalized spacial score (nSPS) is 43.4. The molecule has 0 aromatic carbocycles. The average Bonchev–Trinajstić information content (AvgIpc) is 2.62. The molecule has 4 aliphatic carbocycles. The van der Waals surface area contributed by atoms with Gasteiger partial charge in [0, 0.05) is 23.8 Å². The van der Waals surface area contributed by atoms with Gasteiger partial charge in [0.15, 0.2) is 17.2 Å². The number of ketones is 2. The van der Waals surface area contributed by atoms with Gasteiger partial charge in [-0.3, -0.25) is 14.4 Å². The fourth-order valence-electron chi connectivity index (χ4n) is 5.66. The number of amides is 1. The van der Waals surface area contributed by atoms with Crippen LogP contribution < -0.4 is 5.73 Å². The SMILES string of the molecule is NC(=O)C1=C(O)[C@@]2(O)C(O)=C3C(=O)C4C(O)CCCC4C(O)C3C[C@H]2CC1=O. The van der Waals surface area contributed by atoms with Crippen molar-refractivity contribution in [3.05, 3.63) is 22.7 Å². The minimum Gasteiger partial charge on any atom is -0.508 e. The van der Waals surface area contributed by atoms with Crippen molar-refractivity contribution in [2.45, 2.75) is 49.9 Å². The van der Waals surface area contributed by atoms with Crippen LogP contribution in [0.1, 0.15) is 32.1 Å². The van der Waals surface area contributed by atoms with E-state index in [0.29, 0.717) is 19.3 Å². The van der Waals surface area contributed by atoms with Crippen LogP contribution in [-0.2, 0) is 14.4 Å². The maximum absolute atomic E-state index is 13.1. The van der Waals surface area contributed by atoms with E-state index >= 15 is 0 Å². The minimum absolute atomic E-state index is 0.0377. The highest BCUT2D eigenvalue weighted by atomic mass is 16.4. The van der Waals surface area contributed by atoms with Gasteiger partial charge in [0.25, 0.3) is 5.91 Å². The first-order valence-corrected chi connectivity index (χ1v) is 9.43. The van der Waals surface area contributed by atoms with Gasteiger partial charge in [0.2, 0.25) is 0 Å². The van der Waals surface area contributed by atoms with Crippen molar-refractivity contribution in [3.63, 3.8) is 0 Å². The van der Waals surface area contributed by atoms with Crippen LogP contribution in [0, 0.1) is 23.7 Å². The molecule has 0 aromatic rings. The summed E-state index contributed by atoms with van der Waals surface area (Å²) in [6.07, 6.45) is -0.845. The Morgan fingerprint density at radius 2 is 1.79 bits per heavy atom. The van der Waals surface area contributed by atoms with Gasteiger partial charge in [-0.1, -0.05) is 6.42 Å². The van der Waals surface area contributed by atoms with E-state index in [1.807, 2.05) is 0 Å². The zero-order valence-electron chi connectivity index (χ0n) is 15.0. The van der Waals surface area contributed by atoms with Crippen LogP contribution in [0.5, 0.6) is 0 Å². The Bertz CT molecular complexity index is 845. The second-order valence-corrected chi connectivity index (χ2v) is 8.33. The van der Waals surface area contributed by atoms with Crippen molar-refractivity contribution in [3.8, 4) is 0 Å². The van der Waals surface area contributed by atoms with Crippen LogP contribution in [0.15, 0.2) is 22.7 Å². The van der Waals surface area contributed by atoms with E-state index in [4.69, 9.17) is 5.73 Å². The molecule has 1 amide bonds. The van der Waals surface area contributed by atoms with E-state index in [0.717, 1.165) is 0 Å². The van der Waals surface area contributed by atoms with Crippen LogP contribution in [0.3, 0.4) is 0 Å². The number of aliphatic hydroxyl groups excluding tert-OH is 4. The predicted octanol–water partition coefficient (Wildman–Crippen LogP) is -0.843. The van der Waals surface area contributed by atoms with Gasteiger partial charge in [-0.15, -0.1) is 0 Å². The minimum atomic E-state index is -2.51. The molecule has 2 saturated carbocycles. The molecule has 28 heavy (non-hydrogen) atoms. The van der Waals surface area contributed by atoms with Crippen LogP contribution in [0.25, 0.3) is 0 Å². The van der Waals surface area contributed by atoms with Gasteiger partial charge in [-0.25, -0.2) is 0 Å². The summed E-state index contributed by atoms with van der Waals surface area (Å²) in [4.78, 5) is 36.9. The average molecular weight is 393 g/mol. The van der Waals surface area contributed by atoms with Gasteiger partial charge in [0.05, 0.1) is 18.1 Å². The zero-order valence-corrected chi connectivity index (χ0v) is 15.0. The fraction of sp³-hybridized carbons (Fsp3) is 0.632. The van der Waals surface area contributed by atoms with Crippen LogP contribution in [0.4, 0.5) is 0 Å². The Balaban J connectivity index is 1.90. The first-order valence-electron chi connectivity index (χ1n) is 9.43. The molecular formula is C19H23NO8. The molecule has 7 N–H and O–H groups in total. The molecule has 7 atom stereocenters. The highest BCUT2D eigenvalue weighted by Gasteiger charge is 2.62. The molecule has 4 aliphatic rings. The quantitative estimate of drug-likeness (QED) is 0.312. The molecule has 0 aliphatic heterocycles. The second-order valence-electron chi connectivity index (χ2n) is 8.33. The van der Waals surface area contributed by atoms with Gasteiger partial charge in [-0.05, 0) is 25.2 Å². The topological polar surface area (TPSA) is 178 Å². The third-order valence-corrected chi connectivity index (χ3v) is 7.00. The Morgan fingerprint density at radius 3 is 2.43 bits per heavy atom. The lowest BCUT2D eigenvalue weighted by Gasteiger charge is -2.51. The number of nitrogens with two attached hydrogens (primary N) is 1. The van der Waals surface area contributed by atoms with E-state index in [1.165, 1.54) is 0 Å². The Kier molecular flexibility index (Phi) is 4.18. The van der Waals surface area contributed by atoms with E-state index in [-0.39, 0.29) is 18.4 Å². The Hall–Kier alpha value is -2.23. The summed E-state index contributed by atoms with van der Waals surface area (Å²) in [7, 11) is 0. The number of carbonyl (C=O) groups is 3. The molecule has 4 rings (SSSR count). The third kappa shape index (κ3) is 2.26. The maximum Gasteiger partial charge on any atom is 0.255 e. The molecule has 9 heteroatoms. The fourth-order valence-corrected chi connectivity index (χ4v) is 5.66. The Morgan fingerprint density at radius 1 is 1.11 bits per heavy atom. The maximum atomic E-state index is 13.1. The molecule has 0 bridgehead atoms. The van der Waals surface area contributed by atoms with E-state index < -0.39 is 76.0 Å². The zero-order chi connectivity index (χ0) is 20.5. The summed E-state index contributed by atoms with van der Waals surface area (Å²) < 4.78 is 0. The van der Waals surface area contributed by atoms with Crippen LogP contribution in [-0.4, -0.2) is 60.8 Å². The molecule has 9 nitrogen and oxygen atoms in total. The van der Waals surface area contributed by atoms with Crippen molar-refractivity contribution >= 4 is 17.5 Å². The highest BCUT2D eigenvalue weighted by molar-refractivity contribution is 6.20. The summed E-state index contributed by atoms with van der Waals surface area (Å²) in [6, 6.07) is 0. The van der Waals surface area contributed by atoms with Crippen molar-refractivity contribution < 1.29 is 39.9 Å².